The van der Waals surface area contributed by atoms with Gasteiger partial charge in [-0.1, -0.05) is 0 Å². The fourth-order valence-corrected chi connectivity index (χ4v) is 1.46. The molecule has 0 aliphatic heterocycles. The molecule has 0 saturated carbocycles. The van der Waals surface area contributed by atoms with Gasteiger partial charge < -0.3 is 9.47 Å². The average molecular weight is 269 g/mol. The number of esters is 1. The lowest BCUT2D eigenvalue weighted by atomic mass is 10.2. The summed E-state index contributed by atoms with van der Waals surface area (Å²) in [7, 11) is 0. The van der Waals surface area contributed by atoms with E-state index in [0.717, 1.165) is 0 Å². The Morgan fingerprint density at radius 3 is 2.70 bits per heavy atom. The molecule has 0 saturated heterocycles. The van der Waals surface area contributed by atoms with Crippen LogP contribution in [0.25, 0.3) is 0 Å². The predicted octanol–water partition coefficient (Wildman–Crippen LogP) is 2.32. The van der Waals surface area contributed by atoms with E-state index in [2.05, 4.69) is 10.2 Å². The Hall–Kier alpha value is -2.94. The Labute approximate surface area is 115 Å². The maximum atomic E-state index is 11.5. The molecule has 0 bridgehead atoms. The van der Waals surface area contributed by atoms with Gasteiger partial charge in [-0.2, -0.15) is 10.4 Å². The molecule has 1 aromatic heterocycles. The van der Waals surface area contributed by atoms with Crippen LogP contribution in [0.2, 0.25) is 0 Å². The second-order valence-corrected chi connectivity index (χ2v) is 3.71. The molecule has 6 nitrogen and oxygen atoms in total. The van der Waals surface area contributed by atoms with Crippen LogP contribution in [0, 0.1) is 11.3 Å². The molecule has 1 aromatic carbocycles. The van der Waals surface area contributed by atoms with Gasteiger partial charge in [0.05, 0.1) is 18.4 Å². The van der Waals surface area contributed by atoms with Gasteiger partial charge in [-0.25, -0.2) is 4.79 Å². The first-order chi connectivity index (χ1) is 9.74. The lowest BCUT2D eigenvalue weighted by Gasteiger charge is -2.06. The average Bonchev–Trinajstić information content (AvgIpc) is 2.49. The van der Waals surface area contributed by atoms with Crippen molar-refractivity contribution in [3.05, 3.63) is 47.7 Å². The van der Waals surface area contributed by atoms with E-state index in [1.165, 1.54) is 12.3 Å². The number of nitriles is 1. The molecule has 0 fully saturated rings. The molecule has 0 amide bonds. The number of aromatic nitrogens is 2. The minimum atomic E-state index is -0.392. The van der Waals surface area contributed by atoms with E-state index in [1.807, 2.05) is 6.07 Å². The van der Waals surface area contributed by atoms with Gasteiger partial charge in [-0.05, 0) is 37.3 Å². The largest absolute Gasteiger partial charge is 0.462 e. The zero-order valence-electron chi connectivity index (χ0n) is 10.7. The number of rotatable bonds is 4. The summed E-state index contributed by atoms with van der Waals surface area (Å²) in [5.41, 5.74) is 0.716. The van der Waals surface area contributed by atoms with Crippen molar-refractivity contribution in [2.45, 2.75) is 6.92 Å². The highest BCUT2D eigenvalue weighted by Gasteiger charge is 2.09. The summed E-state index contributed by atoms with van der Waals surface area (Å²) in [5, 5.41) is 16.3. The van der Waals surface area contributed by atoms with Crippen LogP contribution in [0.4, 0.5) is 0 Å². The molecule has 0 radical (unpaired) electrons. The molecule has 0 N–H and O–H groups in total. The summed E-state index contributed by atoms with van der Waals surface area (Å²) >= 11 is 0. The van der Waals surface area contributed by atoms with Crippen molar-refractivity contribution in [2.75, 3.05) is 6.61 Å². The quantitative estimate of drug-likeness (QED) is 0.792. The van der Waals surface area contributed by atoms with E-state index < -0.39 is 5.97 Å². The van der Waals surface area contributed by atoms with Crippen molar-refractivity contribution >= 4 is 5.97 Å². The fourth-order valence-electron chi connectivity index (χ4n) is 1.46. The van der Waals surface area contributed by atoms with E-state index in [-0.39, 0.29) is 11.4 Å². The minimum Gasteiger partial charge on any atom is -0.462 e. The summed E-state index contributed by atoms with van der Waals surface area (Å²) < 4.78 is 10.3. The number of hydrogen-bond donors (Lipinski definition) is 0. The number of carbonyl (C=O) groups excluding carboxylic acids is 1. The van der Waals surface area contributed by atoms with Crippen LogP contribution in [-0.4, -0.2) is 22.8 Å². The molecule has 0 spiro atoms. The molecule has 100 valence electrons. The molecule has 0 atom stereocenters. The molecule has 0 aliphatic rings. The Balaban J connectivity index is 2.15. The van der Waals surface area contributed by atoms with Gasteiger partial charge in [0.15, 0.2) is 0 Å². The Morgan fingerprint density at radius 1 is 1.30 bits per heavy atom. The highest BCUT2D eigenvalue weighted by Crippen LogP contribution is 2.22. The summed E-state index contributed by atoms with van der Waals surface area (Å²) in [6.07, 6.45) is 1.41. The minimum absolute atomic E-state index is 0.124. The Morgan fingerprint density at radius 2 is 2.05 bits per heavy atom. The Bertz CT molecular complexity index is 647. The van der Waals surface area contributed by atoms with Gasteiger partial charge in [-0.3, -0.25) is 0 Å². The second-order valence-electron chi connectivity index (χ2n) is 3.71. The van der Waals surface area contributed by atoms with Crippen molar-refractivity contribution < 1.29 is 14.3 Å². The van der Waals surface area contributed by atoms with Crippen LogP contribution < -0.4 is 4.74 Å². The molecule has 6 heteroatoms. The SMILES string of the molecule is CCOC(=O)c1ccc(Oc2nnccc2C#N)cc1. The second kappa shape index (κ2) is 6.29. The van der Waals surface area contributed by atoms with Gasteiger partial charge >= 0.3 is 5.97 Å². The lowest BCUT2D eigenvalue weighted by Crippen LogP contribution is -2.04. The summed E-state index contributed by atoms with van der Waals surface area (Å²) in [4.78, 5) is 11.5. The van der Waals surface area contributed by atoms with Gasteiger partial charge in [0.2, 0.25) is 0 Å². The number of benzene rings is 1. The predicted molar refractivity (Wildman–Crippen MR) is 69.2 cm³/mol. The van der Waals surface area contributed by atoms with Gasteiger partial charge in [-0.15, -0.1) is 5.10 Å². The topological polar surface area (TPSA) is 85.1 Å². The molecule has 2 aromatic rings. The first kappa shape index (κ1) is 13.5. The Kier molecular flexibility index (Phi) is 4.24. The normalized spacial score (nSPS) is 9.60. The zero-order chi connectivity index (χ0) is 14.4. The highest BCUT2D eigenvalue weighted by atomic mass is 16.5. The molecule has 20 heavy (non-hydrogen) atoms. The van der Waals surface area contributed by atoms with Crippen molar-refractivity contribution in [3.8, 4) is 17.7 Å². The first-order valence-corrected chi connectivity index (χ1v) is 5.91. The summed E-state index contributed by atoms with van der Waals surface area (Å²) in [6.45, 7) is 2.06. The van der Waals surface area contributed by atoms with Gasteiger partial charge in [0, 0.05) is 0 Å². The lowest BCUT2D eigenvalue weighted by molar-refractivity contribution is 0.0526. The van der Waals surface area contributed by atoms with E-state index >= 15 is 0 Å². The van der Waals surface area contributed by atoms with Crippen LogP contribution in [0.5, 0.6) is 11.6 Å². The fraction of sp³-hybridized carbons (Fsp3) is 0.143. The van der Waals surface area contributed by atoms with Crippen LogP contribution >= 0.6 is 0 Å². The molecular weight excluding hydrogens is 258 g/mol. The number of carbonyl (C=O) groups is 1. The molecule has 1 heterocycles. The third-order valence-corrected chi connectivity index (χ3v) is 2.39. The molecule has 0 aliphatic carbocycles. The number of ether oxygens (including phenoxy) is 2. The first-order valence-electron chi connectivity index (χ1n) is 5.91. The maximum absolute atomic E-state index is 11.5. The highest BCUT2D eigenvalue weighted by molar-refractivity contribution is 5.89. The van der Waals surface area contributed by atoms with Crippen molar-refractivity contribution in [2.24, 2.45) is 0 Å². The van der Waals surface area contributed by atoms with E-state index in [1.54, 1.807) is 31.2 Å². The van der Waals surface area contributed by atoms with Crippen molar-refractivity contribution in [3.63, 3.8) is 0 Å². The van der Waals surface area contributed by atoms with Crippen LogP contribution in [-0.2, 0) is 4.74 Å². The maximum Gasteiger partial charge on any atom is 0.338 e. The number of hydrogen-bond acceptors (Lipinski definition) is 6. The van der Waals surface area contributed by atoms with Gasteiger partial charge in [0.25, 0.3) is 5.88 Å². The molecule has 2 rings (SSSR count). The van der Waals surface area contributed by atoms with Gasteiger partial charge in [0.1, 0.15) is 17.4 Å². The van der Waals surface area contributed by atoms with Crippen molar-refractivity contribution in [1.82, 2.24) is 10.2 Å². The molecular formula is C14H11N3O3. The van der Waals surface area contributed by atoms with Crippen LogP contribution in [0.15, 0.2) is 36.5 Å². The third-order valence-electron chi connectivity index (χ3n) is 2.39. The zero-order valence-corrected chi connectivity index (χ0v) is 10.7. The van der Waals surface area contributed by atoms with E-state index in [0.29, 0.717) is 17.9 Å². The standard InChI is InChI=1S/C14H11N3O3/c1-2-19-14(18)10-3-5-12(6-4-10)20-13-11(9-15)7-8-16-17-13/h3-8H,2H2,1H3. The third kappa shape index (κ3) is 3.09. The molecule has 0 unspecified atom stereocenters. The smallest absolute Gasteiger partial charge is 0.338 e. The summed E-state index contributed by atoms with van der Waals surface area (Å²) in [5.74, 6) is 0.185. The van der Waals surface area contributed by atoms with Crippen LogP contribution in [0.1, 0.15) is 22.8 Å². The van der Waals surface area contributed by atoms with Crippen LogP contribution in [0.3, 0.4) is 0 Å². The monoisotopic (exact) mass is 269 g/mol. The van der Waals surface area contributed by atoms with Crippen molar-refractivity contribution in [1.29, 1.82) is 5.26 Å². The van der Waals surface area contributed by atoms with E-state index in [4.69, 9.17) is 14.7 Å². The van der Waals surface area contributed by atoms with E-state index in [9.17, 15) is 4.79 Å². The summed E-state index contributed by atoms with van der Waals surface area (Å²) in [6, 6.07) is 9.83. The number of nitrogens with zero attached hydrogens (tertiary/aromatic N) is 3.